The van der Waals surface area contributed by atoms with Crippen LogP contribution in [0.4, 0.5) is 0 Å². The number of oxazole rings is 1. The number of hydrogen-bond acceptors (Lipinski definition) is 6. The number of benzene rings is 1. The molecule has 0 N–H and O–H groups in total. The molecule has 0 bridgehead atoms. The number of thiophene rings is 1. The quantitative estimate of drug-likeness (QED) is 0.625. The van der Waals surface area contributed by atoms with Crippen LogP contribution in [0.1, 0.15) is 5.69 Å². The molecule has 0 atom stereocenters. The standard InChI is InChI=1S/C16H12ClNO4S/c17-12-4-1-2-5-13(12)20-10-15(19)21-8-11-9-22-16(18-11)14-6-3-7-23-14/h1-7,9H,8,10H2. The minimum atomic E-state index is -0.509. The van der Waals surface area contributed by atoms with E-state index in [4.69, 9.17) is 25.5 Å². The molecule has 1 aromatic carbocycles. The average molecular weight is 350 g/mol. The minimum absolute atomic E-state index is 0.0274. The fraction of sp³-hybridized carbons (Fsp3) is 0.125. The fourth-order valence-electron chi connectivity index (χ4n) is 1.78. The first-order chi connectivity index (χ1) is 11.2. The molecule has 0 aliphatic heterocycles. The van der Waals surface area contributed by atoms with Gasteiger partial charge in [0.2, 0.25) is 5.89 Å². The minimum Gasteiger partial charge on any atom is -0.480 e. The van der Waals surface area contributed by atoms with Gasteiger partial charge in [-0.1, -0.05) is 29.8 Å². The zero-order valence-corrected chi connectivity index (χ0v) is 13.5. The van der Waals surface area contributed by atoms with Gasteiger partial charge in [-0.25, -0.2) is 9.78 Å². The van der Waals surface area contributed by atoms with Gasteiger partial charge in [0.1, 0.15) is 24.3 Å². The van der Waals surface area contributed by atoms with Crippen LogP contribution in [0.5, 0.6) is 5.75 Å². The maximum Gasteiger partial charge on any atom is 0.344 e. The van der Waals surface area contributed by atoms with Crippen LogP contribution >= 0.6 is 22.9 Å². The molecule has 0 amide bonds. The second-order valence-corrected chi connectivity index (χ2v) is 5.86. The van der Waals surface area contributed by atoms with Crippen LogP contribution < -0.4 is 4.74 Å². The first kappa shape index (κ1) is 15.6. The van der Waals surface area contributed by atoms with Crippen LogP contribution in [0.2, 0.25) is 5.02 Å². The van der Waals surface area contributed by atoms with Gasteiger partial charge < -0.3 is 13.9 Å². The van der Waals surface area contributed by atoms with E-state index in [0.717, 1.165) is 4.88 Å². The lowest BCUT2D eigenvalue weighted by atomic mass is 10.3. The molecule has 0 aliphatic carbocycles. The summed E-state index contributed by atoms with van der Waals surface area (Å²) in [5.74, 6) is 0.441. The molecular weight excluding hydrogens is 338 g/mol. The van der Waals surface area contributed by atoms with E-state index in [2.05, 4.69) is 4.98 Å². The molecular formula is C16H12ClNO4S. The van der Waals surface area contributed by atoms with Crippen molar-refractivity contribution in [3.8, 4) is 16.5 Å². The molecule has 118 valence electrons. The average Bonchev–Trinajstić information content (AvgIpc) is 3.23. The molecule has 0 saturated carbocycles. The Labute approximate surface area is 141 Å². The maximum atomic E-state index is 11.7. The molecule has 0 spiro atoms. The Morgan fingerprint density at radius 2 is 2.13 bits per heavy atom. The Bertz CT molecular complexity index is 785. The number of para-hydroxylation sites is 1. The Hall–Kier alpha value is -2.31. The van der Waals surface area contributed by atoms with Crippen molar-refractivity contribution in [1.82, 2.24) is 4.98 Å². The summed E-state index contributed by atoms with van der Waals surface area (Å²) in [5, 5.41) is 2.38. The lowest BCUT2D eigenvalue weighted by Gasteiger charge is -2.07. The van der Waals surface area contributed by atoms with E-state index >= 15 is 0 Å². The number of hydrogen-bond donors (Lipinski definition) is 0. The highest BCUT2D eigenvalue weighted by molar-refractivity contribution is 7.13. The number of esters is 1. The Kier molecular flexibility index (Phi) is 4.95. The van der Waals surface area contributed by atoms with E-state index < -0.39 is 5.97 Å². The van der Waals surface area contributed by atoms with Gasteiger partial charge in [-0.3, -0.25) is 0 Å². The molecule has 0 fully saturated rings. The molecule has 2 aromatic heterocycles. The predicted octanol–water partition coefficient (Wildman–Crippen LogP) is 4.18. The summed E-state index contributed by atoms with van der Waals surface area (Å²) in [4.78, 5) is 16.9. The van der Waals surface area contributed by atoms with Crippen molar-refractivity contribution in [2.45, 2.75) is 6.61 Å². The highest BCUT2D eigenvalue weighted by Gasteiger charge is 2.11. The maximum absolute atomic E-state index is 11.7. The van der Waals surface area contributed by atoms with Crippen molar-refractivity contribution < 1.29 is 18.7 Å². The Morgan fingerprint density at radius 3 is 2.91 bits per heavy atom. The van der Waals surface area contributed by atoms with Gasteiger partial charge >= 0.3 is 5.97 Å². The molecule has 2 heterocycles. The van der Waals surface area contributed by atoms with Gasteiger partial charge in [0.05, 0.1) is 9.90 Å². The van der Waals surface area contributed by atoms with Crippen molar-refractivity contribution in [1.29, 1.82) is 0 Å². The van der Waals surface area contributed by atoms with Gasteiger partial charge in [0, 0.05) is 0 Å². The van der Waals surface area contributed by atoms with Crippen LogP contribution in [-0.2, 0) is 16.1 Å². The van der Waals surface area contributed by atoms with Gasteiger partial charge in [-0.05, 0) is 23.6 Å². The molecule has 5 nitrogen and oxygen atoms in total. The molecule has 0 aliphatic rings. The monoisotopic (exact) mass is 349 g/mol. The molecule has 3 rings (SSSR count). The normalized spacial score (nSPS) is 10.5. The smallest absolute Gasteiger partial charge is 0.344 e. The highest BCUT2D eigenvalue weighted by atomic mass is 35.5. The zero-order valence-electron chi connectivity index (χ0n) is 11.9. The summed E-state index contributed by atoms with van der Waals surface area (Å²) >= 11 is 7.46. The third-order valence-electron chi connectivity index (χ3n) is 2.85. The summed E-state index contributed by atoms with van der Waals surface area (Å²) < 4.78 is 15.7. The molecule has 7 heteroatoms. The molecule has 0 saturated heterocycles. The highest BCUT2D eigenvalue weighted by Crippen LogP contribution is 2.24. The summed E-state index contributed by atoms with van der Waals surface area (Å²) in [6.45, 7) is -0.195. The SMILES string of the molecule is O=C(COc1ccccc1Cl)OCc1coc(-c2cccs2)n1. The number of nitrogens with zero attached hydrogens (tertiary/aromatic N) is 1. The summed E-state index contributed by atoms with van der Waals surface area (Å²) in [7, 11) is 0. The van der Waals surface area contributed by atoms with E-state index in [1.807, 2.05) is 17.5 Å². The van der Waals surface area contributed by atoms with Crippen LogP contribution in [0.3, 0.4) is 0 Å². The number of aromatic nitrogens is 1. The van der Waals surface area contributed by atoms with Crippen molar-refractivity contribution in [3.63, 3.8) is 0 Å². The predicted molar refractivity (Wildman–Crippen MR) is 86.6 cm³/mol. The number of ether oxygens (including phenoxy) is 2. The molecule has 23 heavy (non-hydrogen) atoms. The fourth-order valence-corrected chi connectivity index (χ4v) is 2.63. The van der Waals surface area contributed by atoms with Crippen molar-refractivity contribution in [2.24, 2.45) is 0 Å². The van der Waals surface area contributed by atoms with E-state index in [1.54, 1.807) is 24.3 Å². The summed E-state index contributed by atoms with van der Waals surface area (Å²) in [6, 6.07) is 10.7. The van der Waals surface area contributed by atoms with Crippen molar-refractivity contribution in [2.75, 3.05) is 6.61 Å². The first-order valence-electron chi connectivity index (χ1n) is 6.73. The Morgan fingerprint density at radius 1 is 1.26 bits per heavy atom. The Balaban J connectivity index is 1.49. The van der Waals surface area contributed by atoms with E-state index in [1.165, 1.54) is 17.6 Å². The summed E-state index contributed by atoms with van der Waals surface area (Å²) in [6.07, 6.45) is 1.47. The third kappa shape index (κ3) is 4.12. The van der Waals surface area contributed by atoms with Crippen LogP contribution in [0.25, 0.3) is 10.8 Å². The zero-order chi connectivity index (χ0) is 16.1. The van der Waals surface area contributed by atoms with E-state index in [0.29, 0.717) is 22.4 Å². The van der Waals surface area contributed by atoms with Gasteiger partial charge in [0.25, 0.3) is 0 Å². The second-order valence-electron chi connectivity index (χ2n) is 4.50. The van der Waals surface area contributed by atoms with E-state index in [9.17, 15) is 4.79 Å². The topological polar surface area (TPSA) is 61.6 Å². The van der Waals surface area contributed by atoms with Crippen LogP contribution in [0, 0.1) is 0 Å². The molecule has 3 aromatic rings. The largest absolute Gasteiger partial charge is 0.480 e. The van der Waals surface area contributed by atoms with Crippen LogP contribution in [0.15, 0.2) is 52.5 Å². The summed E-state index contributed by atoms with van der Waals surface area (Å²) in [5.41, 5.74) is 0.541. The molecule has 0 unspecified atom stereocenters. The van der Waals surface area contributed by atoms with E-state index in [-0.39, 0.29) is 13.2 Å². The van der Waals surface area contributed by atoms with Crippen molar-refractivity contribution in [3.05, 3.63) is 58.8 Å². The van der Waals surface area contributed by atoms with Gasteiger partial charge in [-0.15, -0.1) is 11.3 Å². The number of carbonyl (C=O) groups is 1. The first-order valence-corrected chi connectivity index (χ1v) is 7.99. The third-order valence-corrected chi connectivity index (χ3v) is 4.02. The van der Waals surface area contributed by atoms with Crippen molar-refractivity contribution >= 4 is 28.9 Å². The van der Waals surface area contributed by atoms with Crippen LogP contribution in [-0.4, -0.2) is 17.6 Å². The molecule has 0 radical (unpaired) electrons. The van der Waals surface area contributed by atoms with Gasteiger partial charge in [0.15, 0.2) is 6.61 Å². The van der Waals surface area contributed by atoms with Gasteiger partial charge in [-0.2, -0.15) is 0 Å². The second kappa shape index (κ2) is 7.30. The number of rotatable bonds is 6. The lowest BCUT2D eigenvalue weighted by molar-refractivity contribution is -0.147. The lowest BCUT2D eigenvalue weighted by Crippen LogP contribution is -2.15. The number of carbonyl (C=O) groups excluding carboxylic acids is 1. The number of halogens is 1.